The summed E-state index contributed by atoms with van der Waals surface area (Å²) < 4.78 is 17.5. The Morgan fingerprint density at radius 3 is 2.48 bits per heavy atom. The van der Waals surface area contributed by atoms with Crippen LogP contribution in [0, 0.1) is 0 Å². The molecule has 8 nitrogen and oxygen atoms in total. The van der Waals surface area contributed by atoms with Crippen LogP contribution in [0.3, 0.4) is 0 Å². The molecule has 40 heavy (non-hydrogen) atoms. The minimum Gasteiger partial charge on any atom is -0.497 e. The number of benzene rings is 3. The van der Waals surface area contributed by atoms with Crippen LogP contribution in [0.25, 0.3) is 6.08 Å². The number of nitrogens with one attached hydrogen (secondary N) is 1. The van der Waals surface area contributed by atoms with E-state index < -0.39 is 23.6 Å². The van der Waals surface area contributed by atoms with Crippen LogP contribution in [-0.4, -0.2) is 42.2 Å². The maximum atomic E-state index is 13.0. The molecule has 3 aromatic rings. The SMILES string of the molecule is CCOc1cc(/C=C2/SC(=O)N(CC(=O)Nc3ccc(OC)cc3)C2=O)cc(Br)c1OCc1ccc(Cl)c(Cl)c1. The van der Waals surface area contributed by atoms with Crippen LogP contribution in [0.1, 0.15) is 18.1 Å². The molecule has 1 aliphatic rings. The first-order valence-corrected chi connectivity index (χ1v) is 14.3. The van der Waals surface area contributed by atoms with Crippen molar-refractivity contribution in [2.45, 2.75) is 13.5 Å². The summed E-state index contributed by atoms with van der Waals surface area (Å²) >= 11 is 16.4. The molecule has 208 valence electrons. The zero-order valence-electron chi connectivity index (χ0n) is 21.3. The third-order valence-corrected chi connectivity index (χ3v) is 7.78. The van der Waals surface area contributed by atoms with Crippen LogP contribution in [0.15, 0.2) is 64.0 Å². The Hall–Kier alpha value is -3.18. The maximum absolute atomic E-state index is 13.0. The van der Waals surface area contributed by atoms with Gasteiger partial charge in [0.05, 0.1) is 33.1 Å². The van der Waals surface area contributed by atoms with E-state index in [1.54, 1.807) is 61.7 Å². The molecule has 0 atom stereocenters. The van der Waals surface area contributed by atoms with Gasteiger partial charge in [0.15, 0.2) is 11.5 Å². The number of anilines is 1. The van der Waals surface area contributed by atoms with E-state index in [1.807, 2.05) is 13.0 Å². The Bertz CT molecular complexity index is 1480. The molecular formula is C28H23BrCl2N2O6S. The number of amides is 3. The average Bonchev–Trinajstić information content (AvgIpc) is 3.18. The van der Waals surface area contributed by atoms with Crippen molar-refractivity contribution in [1.29, 1.82) is 0 Å². The third kappa shape index (κ3) is 7.31. The summed E-state index contributed by atoms with van der Waals surface area (Å²) in [6.45, 7) is 2.01. The summed E-state index contributed by atoms with van der Waals surface area (Å²) in [4.78, 5) is 39.2. The Kier molecular flexibility index (Phi) is 10.0. The van der Waals surface area contributed by atoms with Crippen LogP contribution in [0.4, 0.5) is 10.5 Å². The van der Waals surface area contributed by atoms with Gasteiger partial charge < -0.3 is 19.5 Å². The van der Waals surface area contributed by atoms with E-state index in [9.17, 15) is 14.4 Å². The number of ether oxygens (including phenoxy) is 3. The molecule has 12 heteroatoms. The second-order valence-electron chi connectivity index (χ2n) is 8.34. The van der Waals surface area contributed by atoms with Gasteiger partial charge in [-0.25, -0.2) is 0 Å². The lowest BCUT2D eigenvalue weighted by atomic mass is 10.1. The van der Waals surface area contributed by atoms with E-state index in [4.69, 9.17) is 37.4 Å². The van der Waals surface area contributed by atoms with Crippen molar-refractivity contribution in [1.82, 2.24) is 4.90 Å². The molecular weight excluding hydrogens is 643 g/mol. The molecule has 1 heterocycles. The van der Waals surface area contributed by atoms with Gasteiger partial charge in [0.25, 0.3) is 11.1 Å². The Morgan fingerprint density at radius 1 is 1.05 bits per heavy atom. The van der Waals surface area contributed by atoms with Gasteiger partial charge in [-0.2, -0.15) is 0 Å². The molecule has 1 fully saturated rings. The molecule has 0 aliphatic carbocycles. The molecule has 0 spiro atoms. The van der Waals surface area contributed by atoms with Crippen molar-refractivity contribution in [2.75, 3.05) is 25.6 Å². The average molecular weight is 666 g/mol. The number of rotatable bonds is 10. The van der Waals surface area contributed by atoms with Crippen molar-refractivity contribution in [3.05, 3.63) is 85.1 Å². The fourth-order valence-electron chi connectivity index (χ4n) is 3.67. The second-order valence-corrected chi connectivity index (χ2v) is 11.0. The topological polar surface area (TPSA) is 94.2 Å². The van der Waals surface area contributed by atoms with E-state index in [0.717, 1.165) is 22.2 Å². The van der Waals surface area contributed by atoms with Gasteiger partial charge in [0.2, 0.25) is 5.91 Å². The minimum atomic E-state index is -0.561. The lowest BCUT2D eigenvalue weighted by Gasteiger charge is -2.15. The van der Waals surface area contributed by atoms with Crippen LogP contribution in [0.2, 0.25) is 10.0 Å². The van der Waals surface area contributed by atoms with Crippen LogP contribution in [-0.2, 0) is 16.2 Å². The lowest BCUT2D eigenvalue weighted by molar-refractivity contribution is -0.127. The molecule has 0 bridgehead atoms. The zero-order chi connectivity index (χ0) is 28.8. The molecule has 0 unspecified atom stereocenters. The van der Waals surface area contributed by atoms with Gasteiger partial charge in [0.1, 0.15) is 18.9 Å². The molecule has 3 aromatic carbocycles. The number of nitrogens with zero attached hydrogens (tertiary/aromatic N) is 1. The molecule has 0 aromatic heterocycles. The smallest absolute Gasteiger partial charge is 0.294 e. The van der Waals surface area contributed by atoms with Crippen molar-refractivity contribution in [2.24, 2.45) is 0 Å². The monoisotopic (exact) mass is 664 g/mol. The summed E-state index contributed by atoms with van der Waals surface area (Å²) in [5, 5.41) is 3.01. The molecule has 4 rings (SSSR count). The fraction of sp³-hybridized carbons (Fsp3) is 0.179. The van der Waals surface area contributed by atoms with Crippen molar-refractivity contribution >= 4 is 79.7 Å². The van der Waals surface area contributed by atoms with E-state index in [-0.39, 0.29) is 11.5 Å². The molecule has 1 aliphatic heterocycles. The molecule has 3 amide bonds. The first kappa shape index (κ1) is 29.8. The van der Waals surface area contributed by atoms with Gasteiger partial charge in [-0.3, -0.25) is 19.3 Å². The highest BCUT2D eigenvalue weighted by molar-refractivity contribution is 9.10. The standard InChI is InChI=1S/C28H23BrCl2N2O6S/c1-3-38-23-12-17(10-20(29)26(23)39-15-16-4-9-21(30)22(31)11-16)13-24-27(35)33(28(36)40-24)14-25(34)32-18-5-7-19(37-2)8-6-18/h4-13H,3,14-15H2,1-2H3,(H,32,34)/b24-13+. The maximum Gasteiger partial charge on any atom is 0.294 e. The predicted octanol–water partition coefficient (Wildman–Crippen LogP) is 7.42. The first-order chi connectivity index (χ1) is 19.2. The summed E-state index contributed by atoms with van der Waals surface area (Å²) in [5.74, 6) is 0.487. The predicted molar refractivity (Wildman–Crippen MR) is 160 cm³/mol. The number of hydrogen-bond acceptors (Lipinski definition) is 7. The highest BCUT2D eigenvalue weighted by atomic mass is 79.9. The molecule has 0 radical (unpaired) electrons. The van der Waals surface area contributed by atoms with Crippen LogP contribution in [0.5, 0.6) is 17.2 Å². The number of imide groups is 1. The number of carbonyl (C=O) groups is 3. The highest BCUT2D eigenvalue weighted by Gasteiger charge is 2.36. The normalized spacial score (nSPS) is 14.0. The van der Waals surface area contributed by atoms with E-state index in [1.165, 1.54) is 0 Å². The quantitative estimate of drug-likeness (QED) is 0.225. The van der Waals surface area contributed by atoms with Crippen molar-refractivity contribution < 1.29 is 28.6 Å². The summed E-state index contributed by atoms with van der Waals surface area (Å²) in [6.07, 6.45) is 1.57. The molecule has 1 saturated heterocycles. The molecule has 1 N–H and O–H groups in total. The number of carbonyl (C=O) groups excluding carboxylic acids is 3. The van der Waals surface area contributed by atoms with Gasteiger partial charge in [0, 0.05) is 5.69 Å². The summed E-state index contributed by atoms with van der Waals surface area (Å²) in [5.41, 5.74) is 1.94. The Morgan fingerprint density at radius 2 is 1.80 bits per heavy atom. The Labute approximate surface area is 253 Å². The van der Waals surface area contributed by atoms with Crippen molar-refractivity contribution in [3.8, 4) is 17.2 Å². The minimum absolute atomic E-state index is 0.182. The van der Waals surface area contributed by atoms with E-state index in [0.29, 0.717) is 49.6 Å². The number of methoxy groups -OCH3 is 1. The van der Waals surface area contributed by atoms with Crippen LogP contribution >= 0.6 is 50.9 Å². The largest absolute Gasteiger partial charge is 0.497 e. The zero-order valence-corrected chi connectivity index (χ0v) is 25.2. The van der Waals surface area contributed by atoms with Gasteiger partial charge in [-0.05, 0) is 100 Å². The summed E-state index contributed by atoms with van der Waals surface area (Å²) in [6, 6.07) is 15.4. The van der Waals surface area contributed by atoms with Gasteiger partial charge >= 0.3 is 0 Å². The summed E-state index contributed by atoms with van der Waals surface area (Å²) in [7, 11) is 1.54. The number of thioether (sulfide) groups is 1. The van der Waals surface area contributed by atoms with E-state index in [2.05, 4.69) is 21.2 Å². The number of hydrogen-bond donors (Lipinski definition) is 1. The molecule has 0 saturated carbocycles. The lowest BCUT2D eigenvalue weighted by Crippen LogP contribution is -2.36. The van der Waals surface area contributed by atoms with Gasteiger partial charge in [-0.15, -0.1) is 0 Å². The van der Waals surface area contributed by atoms with Gasteiger partial charge in [-0.1, -0.05) is 29.3 Å². The first-order valence-electron chi connectivity index (χ1n) is 11.9. The number of halogens is 3. The second kappa shape index (κ2) is 13.5. The van der Waals surface area contributed by atoms with E-state index >= 15 is 0 Å². The van der Waals surface area contributed by atoms with Crippen LogP contribution < -0.4 is 19.5 Å². The van der Waals surface area contributed by atoms with Crippen molar-refractivity contribution in [3.63, 3.8) is 0 Å². The Balaban J connectivity index is 1.47. The fourth-order valence-corrected chi connectivity index (χ4v) is 5.40. The highest BCUT2D eigenvalue weighted by Crippen LogP contribution is 2.40. The third-order valence-electron chi connectivity index (χ3n) is 5.55.